The van der Waals surface area contributed by atoms with Crippen LogP contribution in [0, 0.1) is 12.8 Å². The van der Waals surface area contributed by atoms with Gasteiger partial charge in [0.2, 0.25) is 0 Å². The van der Waals surface area contributed by atoms with Crippen molar-refractivity contribution in [2.45, 2.75) is 33.2 Å². The highest BCUT2D eigenvalue weighted by molar-refractivity contribution is 6.33. The van der Waals surface area contributed by atoms with Crippen LogP contribution in [0.15, 0.2) is 18.2 Å². The predicted molar refractivity (Wildman–Crippen MR) is 79.2 cm³/mol. The van der Waals surface area contributed by atoms with Gasteiger partial charge in [0.1, 0.15) is 6.04 Å². The summed E-state index contributed by atoms with van der Waals surface area (Å²) < 4.78 is 0. The molecule has 1 rings (SSSR count). The molecule has 0 bridgehead atoms. The van der Waals surface area contributed by atoms with Crippen molar-refractivity contribution in [3.63, 3.8) is 0 Å². The fourth-order valence-corrected chi connectivity index (χ4v) is 2.06. The highest BCUT2D eigenvalue weighted by Crippen LogP contribution is 2.25. The molecule has 3 N–H and O–H groups in total. The number of aliphatic carboxylic acids is 1. The summed E-state index contributed by atoms with van der Waals surface area (Å²) in [6, 6.07) is 3.75. The minimum absolute atomic E-state index is 0.165. The van der Waals surface area contributed by atoms with Gasteiger partial charge in [0.05, 0.1) is 10.7 Å². The van der Waals surface area contributed by atoms with E-state index in [-0.39, 0.29) is 5.92 Å². The van der Waals surface area contributed by atoms with E-state index in [9.17, 15) is 9.59 Å². The van der Waals surface area contributed by atoms with E-state index in [1.54, 1.807) is 12.1 Å². The van der Waals surface area contributed by atoms with Crippen LogP contribution in [0.5, 0.6) is 0 Å². The summed E-state index contributed by atoms with van der Waals surface area (Å²) in [6.07, 6.45) is 0.365. The van der Waals surface area contributed by atoms with Crippen molar-refractivity contribution in [2.24, 2.45) is 5.92 Å². The Morgan fingerprint density at radius 3 is 2.50 bits per heavy atom. The molecule has 0 saturated heterocycles. The number of rotatable bonds is 5. The summed E-state index contributed by atoms with van der Waals surface area (Å²) in [6.45, 7) is 5.60. The standard InChI is InChI=1S/C14H19ClN2O3/c1-8(2)7-11(13(18)19)16-14(20)17-12-9(3)5-4-6-10(12)15/h4-6,8,11H,7H2,1-3H3,(H,18,19)(H2,16,17,20)/t11-/m1/s1. The van der Waals surface area contributed by atoms with Gasteiger partial charge in [0, 0.05) is 0 Å². The van der Waals surface area contributed by atoms with E-state index >= 15 is 0 Å². The van der Waals surface area contributed by atoms with Gasteiger partial charge in [-0.05, 0) is 30.9 Å². The van der Waals surface area contributed by atoms with Gasteiger partial charge in [0.25, 0.3) is 0 Å². The van der Waals surface area contributed by atoms with Gasteiger partial charge >= 0.3 is 12.0 Å². The first-order chi connectivity index (χ1) is 9.31. The third-order valence-corrected chi connectivity index (χ3v) is 3.09. The van der Waals surface area contributed by atoms with Gasteiger partial charge in [-0.2, -0.15) is 0 Å². The zero-order valence-corrected chi connectivity index (χ0v) is 12.5. The molecule has 6 heteroatoms. The predicted octanol–water partition coefficient (Wildman–Crippen LogP) is 3.27. The van der Waals surface area contributed by atoms with E-state index in [1.165, 1.54) is 0 Å². The summed E-state index contributed by atoms with van der Waals surface area (Å²) >= 11 is 6.00. The topological polar surface area (TPSA) is 78.4 Å². The van der Waals surface area contributed by atoms with Gasteiger partial charge in [0.15, 0.2) is 0 Å². The molecule has 1 atom stereocenters. The van der Waals surface area contributed by atoms with Crippen LogP contribution in [0.1, 0.15) is 25.8 Å². The van der Waals surface area contributed by atoms with Gasteiger partial charge < -0.3 is 15.7 Å². The smallest absolute Gasteiger partial charge is 0.326 e. The van der Waals surface area contributed by atoms with Crippen molar-refractivity contribution >= 4 is 29.3 Å². The number of hydrogen-bond acceptors (Lipinski definition) is 2. The molecule has 0 fully saturated rings. The Kier molecular flexibility index (Phi) is 5.82. The number of urea groups is 1. The second-order valence-electron chi connectivity index (χ2n) is 5.05. The maximum atomic E-state index is 11.9. The van der Waals surface area contributed by atoms with Gasteiger partial charge in [-0.25, -0.2) is 9.59 Å². The highest BCUT2D eigenvalue weighted by atomic mass is 35.5. The fraction of sp³-hybridized carbons (Fsp3) is 0.429. The van der Waals surface area contributed by atoms with Crippen molar-refractivity contribution in [2.75, 3.05) is 5.32 Å². The molecule has 0 aliphatic carbocycles. The van der Waals surface area contributed by atoms with Crippen LogP contribution in [0.3, 0.4) is 0 Å². The molecule has 2 amide bonds. The molecular formula is C14H19ClN2O3. The molecular weight excluding hydrogens is 280 g/mol. The number of para-hydroxylation sites is 1. The highest BCUT2D eigenvalue weighted by Gasteiger charge is 2.21. The third kappa shape index (κ3) is 4.74. The maximum Gasteiger partial charge on any atom is 0.326 e. The van der Waals surface area contributed by atoms with Crippen LogP contribution in [-0.2, 0) is 4.79 Å². The van der Waals surface area contributed by atoms with Gasteiger partial charge in [-0.15, -0.1) is 0 Å². The fourth-order valence-electron chi connectivity index (χ4n) is 1.79. The zero-order chi connectivity index (χ0) is 15.3. The lowest BCUT2D eigenvalue weighted by atomic mass is 10.0. The number of nitrogens with one attached hydrogen (secondary N) is 2. The monoisotopic (exact) mass is 298 g/mol. The summed E-state index contributed by atoms with van der Waals surface area (Å²) in [5.74, 6) is -0.886. The van der Waals surface area contributed by atoms with Crippen molar-refractivity contribution in [3.05, 3.63) is 28.8 Å². The number of carboxylic acids is 1. The van der Waals surface area contributed by atoms with E-state index in [1.807, 2.05) is 26.8 Å². The average molecular weight is 299 g/mol. The van der Waals surface area contributed by atoms with Gasteiger partial charge in [-0.1, -0.05) is 37.6 Å². The molecule has 0 unspecified atom stereocenters. The van der Waals surface area contributed by atoms with Crippen molar-refractivity contribution in [1.29, 1.82) is 0 Å². The molecule has 0 aromatic heterocycles. The van der Waals surface area contributed by atoms with E-state index < -0.39 is 18.0 Å². The van der Waals surface area contributed by atoms with Crippen LogP contribution < -0.4 is 10.6 Å². The molecule has 1 aromatic rings. The number of benzene rings is 1. The number of hydrogen-bond donors (Lipinski definition) is 3. The third-order valence-electron chi connectivity index (χ3n) is 2.77. The SMILES string of the molecule is Cc1cccc(Cl)c1NC(=O)N[C@H](CC(C)C)C(=O)O. The molecule has 0 heterocycles. The Balaban J connectivity index is 2.73. The lowest BCUT2D eigenvalue weighted by molar-refractivity contribution is -0.139. The number of carbonyl (C=O) groups excluding carboxylic acids is 1. The van der Waals surface area contributed by atoms with E-state index in [0.29, 0.717) is 17.1 Å². The number of amides is 2. The Hall–Kier alpha value is -1.75. The summed E-state index contributed by atoms with van der Waals surface area (Å²) in [5.41, 5.74) is 1.30. The summed E-state index contributed by atoms with van der Waals surface area (Å²) in [7, 11) is 0. The first-order valence-corrected chi connectivity index (χ1v) is 6.74. The van der Waals surface area contributed by atoms with Crippen molar-refractivity contribution in [3.8, 4) is 0 Å². The molecule has 5 nitrogen and oxygen atoms in total. The average Bonchev–Trinajstić information content (AvgIpc) is 2.32. The van der Waals surface area contributed by atoms with Crippen molar-refractivity contribution in [1.82, 2.24) is 5.32 Å². The van der Waals surface area contributed by atoms with Crippen LogP contribution in [0.25, 0.3) is 0 Å². The first-order valence-electron chi connectivity index (χ1n) is 6.36. The lowest BCUT2D eigenvalue weighted by Crippen LogP contribution is -2.43. The molecule has 20 heavy (non-hydrogen) atoms. The molecule has 0 saturated carbocycles. The molecule has 0 spiro atoms. The minimum Gasteiger partial charge on any atom is -0.480 e. The quantitative estimate of drug-likeness (QED) is 0.780. The Bertz CT molecular complexity index is 483. The number of aryl methyl sites for hydroxylation is 1. The van der Waals surface area contributed by atoms with Crippen LogP contribution in [0.2, 0.25) is 5.02 Å². The van der Waals surface area contributed by atoms with Crippen LogP contribution >= 0.6 is 11.6 Å². The van der Waals surface area contributed by atoms with E-state index in [2.05, 4.69) is 10.6 Å². The minimum atomic E-state index is -1.05. The van der Waals surface area contributed by atoms with Crippen molar-refractivity contribution < 1.29 is 14.7 Å². The molecule has 0 aliphatic heterocycles. The van der Waals surface area contributed by atoms with Gasteiger partial charge in [-0.3, -0.25) is 0 Å². The Morgan fingerprint density at radius 2 is 2.00 bits per heavy atom. The van der Waals surface area contributed by atoms with E-state index in [4.69, 9.17) is 16.7 Å². The maximum absolute atomic E-state index is 11.9. The lowest BCUT2D eigenvalue weighted by Gasteiger charge is -2.18. The second-order valence-corrected chi connectivity index (χ2v) is 5.46. The number of carboxylic acid groups (broad SMARTS) is 1. The Morgan fingerprint density at radius 1 is 1.35 bits per heavy atom. The molecule has 0 aliphatic rings. The molecule has 110 valence electrons. The number of halogens is 1. The normalized spacial score (nSPS) is 12.1. The Labute approximate surface area is 123 Å². The largest absolute Gasteiger partial charge is 0.480 e. The molecule has 1 aromatic carbocycles. The zero-order valence-electron chi connectivity index (χ0n) is 11.7. The number of anilines is 1. The molecule has 0 radical (unpaired) electrons. The summed E-state index contributed by atoms with van der Waals surface area (Å²) in [4.78, 5) is 23.0. The summed E-state index contributed by atoms with van der Waals surface area (Å²) in [5, 5.41) is 14.5. The second kappa shape index (κ2) is 7.14. The van der Waals surface area contributed by atoms with E-state index in [0.717, 1.165) is 5.56 Å². The first kappa shape index (κ1) is 16.3. The van der Waals surface area contributed by atoms with Crippen LogP contribution in [0.4, 0.5) is 10.5 Å². The number of carbonyl (C=O) groups is 2. The van der Waals surface area contributed by atoms with Crippen LogP contribution in [-0.4, -0.2) is 23.1 Å².